The highest BCUT2D eigenvalue weighted by Gasteiger charge is 2.29. The first-order valence-electron chi connectivity index (χ1n) is 14.2. The van der Waals surface area contributed by atoms with Crippen LogP contribution in [0.5, 0.6) is 0 Å². The summed E-state index contributed by atoms with van der Waals surface area (Å²) in [6.07, 6.45) is 22.1. The van der Waals surface area contributed by atoms with Crippen molar-refractivity contribution in [3.05, 3.63) is 34.4 Å². The maximum Gasteiger partial charge on any atom is 0.101 e. The number of rotatable bonds is 11. The van der Waals surface area contributed by atoms with Crippen LogP contribution in [-0.2, 0) is 0 Å². The third-order valence-corrected chi connectivity index (χ3v) is 8.75. The summed E-state index contributed by atoms with van der Waals surface area (Å²) in [5.41, 5.74) is 3.72. The fraction of sp³-hybridized carbons (Fsp3) is 0.742. The minimum atomic E-state index is 0.460. The van der Waals surface area contributed by atoms with Gasteiger partial charge in [-0.2, -0.15) is 10.5 Å². The third kappa shape index (κ3) is 7.09. The van der Waals surface area contributed by atoms with Crippen molar-refractivity contribution >= 4 is 0 Å². The van der Waals surface area contributed by atoms with Gasteiger partial charge in [-0.05, 0) is 86.2 Å². The van der Waals surface area contributed by atoms with Crippen LogP contribution in [0.2, 0.25) is 0 Å². The van der Waals surface area contributed by atoms with Crippen molar-refractivity contribution in [3.63, 3.8) is 0 Å². The fourth-order valence-corrected chi connectivity index (χ4v) is 6.61. The molecule has 2 saturated carbocycles. The second-order valence-corrected chi connectivity index (χ2v) is 11.0. The van der Waals surface area contributed by atoms with Gasteiger partial charge in [-0.25, -0.2) is 0 Å². The molecule has 0 heterocycles. The molecule has 33 heavy (non-hydrogen) atoms. The van der Waals surface area contributed by atoms with Gasteiger partial charge in [-0.15, -0.1) is 0 Å². The predicted octanol–water partition coefficient (Wildman–Crippen LogP) is 9.53. The van der Waals surface area contributed by atoms with E-state index in [2.05, 4.69) is 38.1 Å². The van der Waals surface area contributed by atoms with E-state index in [1.54, 1.807) is 0 Å². The number of unbranched alkanes of at least 4 members (excludes halogenated alkanes) is 5. The van der Waals surface area contributed by atoms with Gasteiger partial charge in [0.2, 0.25) is 0 Å². The van der Waals surface area contributed by atoms with E-state index >= 15 is 0 Å². The lowest BCUT2D eigenvalue weighted by Crippen LogP contribution is -2.17. The molecular weight excluding hydrogens is 400 g/mol. The zero-order chi connectivity index (χ0) is 23.5. The summed E-state index contributed by atoms with van der Waals surface area (Å²) in [7, 11) is 0. The summed E-state index contributed by atoms with van der Waals surface area (Å²) in [4.78, 5) is 0. The van der Waals surface area contributed by atoms with Crippen molar-refractivity contribution in [2.75, 3.05) is 0 Å². The standard InChI is InChI=1S/C31H46N2/c1-3-5-7-8-9-11-25-14-18-27(19-15-25)29-21-20-28(30(22-32)31(29)23-33)26-16-12-24(13-17-26)10-6-4-2/h20-21,24-27H,3-19H2,1-2H3/t24-,25-,26-,27-. The summed E-state index contributed by atoms with van der Waals surface area (Å²) in [6, 6.07) is 9.40. The molecule has 2 aliphatic carbocycles. The van der Waals surface area contributed by atoms with Crippen LogP contribution in [0.1, 0.15) is 157 Å². The largest absolute Gasteiger partial charge is 0.192 e. The van der Waals surface area contributed by atoms with Gasteiger partial charge in [0, 0.05) is 0 Å². The van der Waals surface area contributed by atoms with Crippen LogP contribution in [-0.4, -0.2) is 0 Å². The number of hydrogen-bond acceptors (Lipinski definition) is 2. The van der Waals surface area contributed by atoms with Gasteiger partial charge in [0.1, 0.15) is 12.1 Å². The second-order valence-electron chi connectivity index (χ2n) is 11.0. The van der Waals surface area contributed by atoms with Crippen LogP contribution < -0.4 is 0 Å². The van der Waals surface area contributed by atoms with Crippen molar-refractivity contribution < 1.29 is 0 Å². The zero-order valence-corrected chi connectivity index (χ0v) is 21.4. The maximum atomic E-state index is 10.1. The van der Waals surface area contributed by atoms with Crippen molar-refractivity contribution in [1.82, 2.24) is 0 Å². The van der Waals surface area contributed by atoms with Crippen molar-refractivity contribution in [1.29, 1.82) is 10.5 Å². The molecule has 0 atom stereocenters. The van der Waals surface area contributed by atoms with E-state index in [1.807, 2.05) is 0 Å². The molecule has 2 aliphatic rings. The molecule has 1 aromatic carbocycles. The van der Waals surface area contributed by atoms with E-state index in [4.69, 9.17) is 0 Å². The summed E-state index contributed by atoms with van der Waals surface area (Å²) in [5, 5.41) is 20.1. The highest BCUT2D eigenvalue weighted by atomic mass is 14.4. The molecule has 2 fully saturated rings. The van der Waals surface area contributed by atoms with Crippen LogP contribution >= 0.6 is 0 Å². The Labute approximate surface area is 203 Å². The Morgan fingerprint density at radius 2 is 1.03 bits per heavy atom. The average Bonchev–Trinajstić information content (AvgIpc) is 2.87. The Hall–Kier alpha value is -1.80. The van der Waals surface area contributed by atoms with E-state index < -0.39 is 0 Å². The first-order valence-corrected chi connectivity index (χ1v) is 14.2. The number of benzene rings is 1. The molecule has 3 rings (SSSR count). The molecule has 0 saturated heterocycles. The second kappa shape index (κ2) is 13.8. The quantitative estimate of drug-likeness (QED) is 0.318. The topological polar surface area (TPSA) is 47.6 Å². The molecule has 2 heteroatoms. The molecule has 0 amide bonds. The first kappa shape index (κ1) is 25.8. The minimum Gasteiger partial charge on any atom is -0.192 e. The van der Waals surface area contributed by atoms with Crippen molar-refractivity contribution in [3.8, 4) is 12.1 Å². The minimum absolute atomic E-state index is 0.460. The van der Waals surface area contributed by atoms with Gasteiger partial charge in [-0.1, -0.05) is 83.8 Å². The molecule has 0 spiro atoms. The lowest BCUT2D eigenvalue weighted by molar-refractivity contribution is 0.300. The number of nitrogens with zero attached hydrogens (tertiary/aromatic N) is 2. The molecular formula is C31H46N2. The maximum absolute atomic E-state index is 10.1. The highest BCUT2D eigenvalue weighted by molar-refractivity contribution is 5.56. The van der Waals surface area contributed by atoms with Crippen LogP contribution in [0.4, 0.5) is 0 Å². The van der Waals surface area contributed by atoms with Gasteiger partial charge in [-0.3, -0.25) is 0 Å². The predicted molar refractivity (Wildman–Crippen MR) is 138 cm³/mol. The number of hydrogen-bond donors (Lipinski definition) is 0. The molecule has 0 aliphatic heterocycles. The van der Waals surface area contributed by atoms with Gasteiger partial charge in [0.15, 0.2) is 0 Å². The van der Waals surface area contributed by atoms with Gasteiger partial charge in [0.25, 0.3) is 0 Å². The Morgan fingerprint density at radius 3 is 1.45 bits per heavy atom. The summed E-state index contributed by atoms with van der Waals surface area (Å²) < 4.78 is 0. The van der Waals surface area contributed by atoms with Crippen molar-refractivity contribution in [2.45, 2.75) is 135 Å². The molecule has 0 unspecified atom stereocenters. The van der Waals surface area contributed by atoms with Crippen molar-refractivity contribution in [2.24, 2.45) is 11.8 Å². The Morgan fingerprint density at radius 1 is 0.606 bits per heavy atom. The zero-order valence-electron chi connectivity index (χ0n) is 21.4. The van der Waals surface area contributed by atoms with Gasteiger partial charge in [0.05, 0.1) is 11.1 Å². The van der Waals surface area contributed by atoms with Crippen LogP contribution in [0, 0.1) is 34.5 Å². The Balaban J connectivity index is 1.61. The van der Waals surface area contributed by atoms with Crippen LogP contribution in [0.25, 0.3) is 0 Å². The smallest absolute Gasteiger partial charge is 0.101 e. The molecule has 180 valence electrons. The molecule has 0 bridgehead atoms. The van der Waals surface area contributed by atoms with E-state index in [0.29, 0.717) is 23.0 Å². The average molecular weight is 447 g/mol. The van der Waals surface area contributed by atoms with Gasteiger partial charge >= 0.3 is 0 Å². The van der Waals surface area contributed by atoms with Gasteiger partial charge < -0.3 is 0 Å². The molecule has 0 aromatic heterocycles. The van der Waals surface area contributed by atoms with E-state index in [0.717, 1.165) is 23.0 Å². The van der Waals surface area contributed by atoms with E-state index in [-0.39, 0.29) is 0 Å². The molecule has 1 aromatic rings. The fourth-order valence-electron chi connectivity index (χ4n) is 6.61. The Bertz CT molecular complexity index is 795. The molecule has 2 nitrogen and oxygen atoms in total. The highest BCUT2D eigenvalue weighted by Crippen LogP contribution is 2.43. The first-order chi connectivity index (χ1) is 16.2. The SMILES string of the molecule is CCCCCCC[C@H]1CC[C@H](c2ccc([C@H]3CC[C@H](CCCC)CC3)c(C#N)c2C#N)CC1. The third-order valence-electron chi connectivity index (χ3n) is 8.75. The summed E-state index contributed by atoms with van der Waals surface area (Å²) in [5.74, 6) is 2.65. The summed E-state index contributed by atoms with van der Waals surface area (Å²) in [6.45, 7) is 4.55. The van der Waals surface area contributed by atoms with Crippen LogP contribution in [0.3, 0.4) is 0 Å². The number of nitriles is 2. The summed E-state index contributed by atoms with van der Waals surface area (Å²) >= 11 is 0. The lowest BCUT2D eigenvalue weighted by atomic mass is 9.72. The van der Waals surface area contributed by atoms with E-state index in [9.17, 15) is 10.5 Å². The normalized spacial score (nSPS) is 25.3. The molecule has 0 radical (unpaired) electrons. The Kier molecular flexibility index (Phi) is 10.8. The van der Waals surface area contributed by atoms with E-state index in [1.165, 1.54) is 109 Å². The van der Waals surface area contributed by atoms with Crippen LogP contribution in [0.15, 0.2) is 12.1 Å². The lowest BCUT2D eigenvalue weighted by Gasteiger charge is -2.31. The monoisotopic (exact) mass is 446 g/mol. The molecule has 0 N–H and O–H groups in total.